The molecule has 0 aliphatic heterocycles. The molecule has 0 unspecified atom stereocenters. The van der Waals surface area contributed by atoms with Gasteiger partial charge >= 0.3 is 5.76 Å². The number of aromatic nitrogens is 2. The van der Waals surface area contributed by atoms with Crippen molar-refractivity contribution in [3.63, 3.8) is 0 Å². The molecule has 0 N–H and O–H groups in total. The molecule has 1 aromatic heterocycles. The van der Waals surface area contributed by atoms with E-state index in [0.29, 0.717) is 5.89 Å². The lowest BCUT2D eigenvalue weighted by Gasteiger charge is -1.93. The van der Waals surface area contributed by atoms with E-state index < -0.39 is 5.76 Å². The molecule has 0 amide bonds. The second-order valence-corrected chi connectivity index (χ2v) is 4.05. The second-order valence-electron chi connectivity index (χ2n) is 2.81. The molecule has 0 aliphatic carbocycles. The topological polar surface area (TPSA) is 48.0 Å². The van der Waals surface area contributed by atoms with E-state index in [9.17, 15) is 4.79 Å². The molecular formula is C9H7IN2O2. The van der Waals surface area contributed by atoms with E-state index in [0.717, 1.165) is 9.13 Å². The molecular weight excluding hydrogens is 295 g/mol. The van der Waals surface area contributed by atoms with Crippen molar-refractivity contribution in [3.8, 4) is 11.5 Å². The summed E-state index contributed by atoms with van der Waals surface area (Å²) in [5.74, 6) is -0.0881. The molecule has 0 spiro atoms. The van der Waals surface area contributed by atoms with Crippen LogP contribution in [0.15, 0.2) is 33.5 Å². The van der Waals surface area contributed by atoms with E-state index >= 15 is 0 Å². The van der Waals surface area contributed by atoms with Crippen molar-refractivity contribution < 1.29 is 4.42 Å². The Morgan fingerprint density at radius 3 is 2.86 bits per heavy atom. The third-order valence-corrected chi connectivity index (χ3v) is 2.43. The Hall–Kier alpha value is -1.11. The van der Waals surface area contributed by atoms with Crippen molar-refractivity contribution in [2.24, 2.45) is 7.05 Å². The Labute approximate surface area is 93.7 Å². The van der Waals surface area contributed by atoms with Gasteiger partial charge in [0.05, 0.1) is 0 Å². The largest absolute Gasteiger partial charge is 0.437 e. The maximum absolute atomic E-state index is 11.0. The summed E-state index contributed by atoms with van der Waals surface area (Å²) in [5.41, 5.74) is 0.814. The van der Waals surface area contributed by atoms with E-state index in [1.807, 2.05) is 24.3 Å². The van der Waals surface area contributed by atoms with Crippen LogP contribution in [0.4, 0.5) is 0 Å². The van der Waals surface area contributed by atoms with Gasteiger partial charge in [0.15, 0.2) is 0 Å². The Morgan fingerprint density at radius 1 is 1.50 bits per heavy atom. The SMILES string of the molecule is Cn1nc(-c2cccc(I)c2)oc1=O. The van der Waals surface area contributed by atoms with Gasteiger partial charge in [-0.25, -0.2) is 4.79 Å². The normalized spacial score (nSPS) is 10.4. The average molecular weight is 302 g/mol. The average Bonchev–Trinajstić information content (AvgIpc) is 2.47. The summed E-state index contributed by atoms with van der Waals surface area (Å²) in [6.07, 6.45) is 0. The van der Waals surface area contributed by atoms with E-state index in [-0.39, 0.29) is 0 Å². The first-order valence-corrected chi connectivity index (χ1v) is 5.05. The molecule has 14 heavy (non-hydrogen) atoms. The summed E-state index contributed by atoms with van der Waals surface area (Å²) in [5, 5.41) is 3.96. The molecule has 0 radical (unpaired) electrons. The van der Waals surface area contributed by atoms with Gasteiger partial charge in [-0.1, -0.05) is 6.07 Å². The maximum atomic E-state index is 11.0. The zero-order chi connectivity index (χ0) is 10.1. The highest BCUT2D eigenvalue weighted by molar-refractivity contribution is 14.1. The molecule has 0 saturated carbocycles. The molecule has 0 atom stereocenters. The van der Waals surface area contributed by atoms with Crippen LogP contribution < -0.4 is 5.76 Å². The van der Waals surface area contributed by atoms with Crippen molar-refractivity contribution in [2.75, 3.05) is 0 Å². The van der Waals surface area contributed by atoms with Gasteiger partial charge in [-0.15, -0.1) is 5.10 Å². The lowest BCUT2D eigenvalue weighted by Crippen LogP contribution is -2.09. The highest BCUT2D eigenvalue weighted by Crippen LogP contribution is 2.17. The van der Waals surface area contributed by atoms with Gasteiger partial charge in [-0.3, -0.25) is 0 Å². The fourth-order valence-corrected chi connectivity index (χ4v) is 1.63. The number of rotatable bonds is 1. The van der Waals surface area contributed by atoms with Gasteiger partial charge in [0.1, 0.15) is 0 Å². The first-order chi connectivity index (χ1) is 6.66. The molecule has 1 heterocycles. The number of nitrogens with zero attached hydrogens (tertiary/aromatic N) is 2. The lowest BCUT2D eigenvalue weighted by molar-refractivity contribution is 0.505. The minimum atomic E-state index is -0.445. The molecule has 0 fully saturated rings. The Morgan fingerprint density at radius 2 is 2.29 bits per heavy atom. The van der Waals surface area contributed by atoms with Crippen molar-refractivity contribution in [3.05, 3.63) is 38.4 Å². The van der Waals surface area contributed by atoms with Gasteiger partial charge in [0.25, 0.3) is 0 Å². The number of halogens is 1. The highest BCUT2D eigenvalue weighted by Gasteiger charge is 2.07. The van der Waals surface area contributed by atoms with Crippen LogP contribution in [0.5, 0.6) is 0 Å². The van der Waals surface area contributed by atoms with Crippen LogP contribution in [0.3, 0.4) is 0 Å². The molecule has 2 rings (SSSR count). The molecule has 1 aromatic carbocycles. The standard InChI is InChI=1S/C9H7IN2O2/c1-12-9(13)14-8(11-12)6-3-2-4-7(10)5-6/h2-5H,1H3. The Balaban J connectivity index is 2.54. The van der Waals surface area contributed by atoms with Crippen molar-refractivity contribution >= 4 is 22.6 Å². The van der Waals surface area contributed by atoms with E-state index in [4.69, 9.17) is 4.42 Å². The predicted molar refractivity (Wildman–Crippen MR) is 59.9 cm³/mol. The van der Waals surface area contributed by atoms with Gasteiger partial charge in [-0.05, 0) is 40.8 Å². The summed E-state index contributed by atoms with van der Waals surface area (Å²) in [6, 6.07) is 7.62. The molecule has 72 valence electrons. The van der Waals surface area contributed by atoms with Crippen molar-refractivity contribution in [2.45, 2.75) is 0 Å². The summed E-state index contributed by atoms with van der Waals surface area (Å²) in [7, 11) is 1.56. The number of aryl methyl sites for hydroxylation is 1. The van der Waals surface area contributed by atoms with Crippen LogP contribution in [0.2, 0.25) is 0 Å². The minimum Gasteiger partial charge on any atom is -0.388 e. The number of hydrogen-bond donors (Lipinski definition) is 0. The second kappa shape index (κ2) is 3.56. The van der Waals surface area contributed by atoms with Crippen LogP contribution in [0.25, 0.3) is 11.5 Å². The third kappa shape index (κ3) is 1.72. The van der Waals surface area contributed by atoms with Crippen molar-refractivity contribution in [1.82, 2.24) is 9.78 Å². The smallest absolute Gasteiger partial charge is 0.388 e. The summed E-state index contributed by atoms with van der Waals surface area (Å²) >= 11 is 2.19. The lowest BCUT2D eigenvalue weighted by atomic mass is 10.2. The summed E-state index contributed by atoms with van der Waals surface area (Å²) in [4.78, 5) is 11.0. The fourth-order valence-electron chi connectivity index (χ4n) is 1.08. The number of benzene rings is 1. The number of hydrogen-bond acceptors (Lipinski definition) is 3. The van der Waals surface area contributed by atoms with Gasteiger partial charge in [-0.2, -0.15) is 4.68 Å². The van der Waals surface area contributed by atoms with Gasteiger partial charge in [0, 0.05) is 16.2 Å². The van der Waals surface area contributed by atoms with E-state index in [1.54, 1.807) is 7.05 Å². The van der Waals surface area contributed by atoms with Gasteiger partial charge < -0.3 is 4.42 Å². The van der Waals surface area contributed by atoms with Crippen LogP contribution in [0, 0.1) is 3.57 Å². The Kier molecular flexibility index (Phi) is 2.40. The fraction of sp³-hybridized carbons (Fsp3) is 0.111. The van der Waals surface area contributed by atoms with E-state index in [2.05, 4.69) is 27.7 Å². The van der Waals surface area contributed by atoms with Crippen LogP contribution in [-0.2, 0) is 7.05 Å². The van der Waals surface area contributed by atoms with Crippen LogP contribution in [-0.4, -0.2) is 9.78 Å². The van der Waals surface area contributed by atoms with Crippen LogP contribution >= 0.6 is 22.6 Å². The maximum Gasteiger partial charge on any atom is 0.437 e. The monoisotopic (exact) mass is 302 g/mol. The van der Waals surface area contributed by atoms with Gasteiger partial charge in [0.2, 0.25) is 5.89 Å². The summed E-state index contributed by atoms with van der Waals surface area (Å²) < 4.78 is 7.20. The first kappa shape index (κ1) is 9.45. The molecule has 5 heteroatoms. The molecule has 2 aromatic rings. The summed E-state index contributed by atoms with van der Waals surface area (Å²) in [6.45, 7) is 0. The van der Waals surface area contributed by atoms with Crippen molar-refractivity contribution in [1.29, 1.82) is 0 Å². The quantitative estimate of drug-likeness (QED) is 0.753. The zero-order valence-electron chi connectivity index (χ0n) is 7.40. The third-order valence-electron chi connectivity index (χ3n) is 1.76. The first-order valence-electron chi connectivity index (χ1n) is 3.97. The van der Waals surface area contributed by atoms with E-state index in [1.165, 1.54) is 4.68 Å². The molecule has 0 aliphatic rings. The predicted octanol–water partition coefficient (Wildman–Crippen LogP) is 1.64. The Bertz CT molecular complexity index is 516. The molecule has 4 nitrogen and oxygen atoms in total. The molecule has 0 bridgehead atoms. The van der Waals surface area contributed by atoms with Crippen LogP contribution in [0.1, 0.15) is 0 Å². The highest BCUT2D eigenvalue weighted by atomic mass is 127. The zero-order valence-corrected chi connectivity index (χ0v) is 9.56. The minimum absolute atomic E-state index is 0.357. The molecule has 0 saturated heterocycles.